The number of rotatable bonds is 9. The Balaban J connectivity index is 1.68. The van der Waals surface area contributed by atoms with Crippen molar-refractivity contribution in [2.75, 3.05) is 33.7 Å². The van der Waals surface area contributed by atoms with Crippen LogP contribution in [0.2, 0.25) is 0 Å². The molecule has 4 N–H and O–H groups in total. The Morgan fingerprint density at radius 2 is 1.73 bits per heavy atom. The quantitative estimate of drug-likeness (QED) is 0.530. The number of urea groups is 1. The van der Waals surface area contributed by atoms with E-state index in [1.807, 2.05) is 0 Å². The lowest BCUT2D eigenvalue weighted by molar-refractivity contribution is -0.126. The number of nitrogens with one attached hydrogen (secondary N) is 1. The minimum absolute atomic E-state index is 0.00480. The number of nitrogens with zero attached hydrogens (tertiary/aromatic N) is 2. The summed E-state index contributed by atoms with van der Waals surface area (Å²) in [5.41, 5.74) is 5.35. The SMILES string of the molecule is CN(C)C1(c2ccccc2)CCC(CN(CC(C)(C)C(N)=O)C(=O)NCC2(O)CCC2)CC1. The maximum Gasteiger partial charge on any atom is 0.317 e. The van der Waals surface area contributed by atoms with Crippen LogP contribution in [0.4, 0.5) is 4.79 Å². The van der Waals surface area contributed by atoms with Gasteiger partial charge in [0.25, 0.3) is 0 Å². The lowest BCUT2D eigenvalue weighted by Crippen LogP contribution is -2.54. The molecule has 0 heterocycles. The van der Waals surface area contributed by atoms with Crippen molar-refractivity contribution in [2.45, 2.75) is 69.9 Å². The van der Waals surface area contributed by atoms with Gasteiger partial charge in [0.15, 0.2) is 0 Å². The van der Waals surface area contributed by atoms with Crippen LogP contribution in [-0.4, -0.2) is 66.2 Å². The van der Waals surface area contributed by atoms with Gasteiger partial charge < -0.3 is 21.1 Å². The fourth-order valence-corrected chi connectivity index (χ4v) is 5.28. The molecule has 1 aromatic carbocycles. The molecule has 0 unspecified atom stereocenters. The number of nitrogens with two attached hydrogens (primary N) is 1. The van der Waals surface area contributed by atoms with Crippen molar-refractivity contribution in [2.24, 2.45) is 17.1 Å². The summed E-state index contributed by atoms with van der Waals surface area (Å²) >= 11 is 0. The van der Waals surface area contributed by atoms with E-state index in [1.54, 1.807) is 18.7 Å². The Hall–Kier alpha value is -2.12. The third-order valence-corrected chi connectivity index (χ3v) is 7.97. The molecular weight excluding hydrogens is 416 g/mol. The van der Waals surface area contributed by atoms with Gasteiger partial charge in [-0.2, -0.15) is 0 Å². The second-order valence-electron chi connectivity index (χ2n) is 11.1. The highest BCUT2D eigenvalue weighted by atomic mass is 16.3. The Bertz CT molecular complexity index is 812. The van der Waals surface area contributed by atoms with Crippen molar-refractivity contribution < 1.29 is 14.7 Å². The van der Waals surface area contributed by atoms with E-state index in [0.717, 1.165) is 44.9 Å². The average molecular weight is 459 g/mol. The van der Waals surface area contributed by atoms with Gasteiger partial charge in [0.05, 0.1) is 11.0 Å². The molecule has 1 aromatic rings. The van der Waals surface area contributed by atoms with Crippen molar-refractivity contribution in [3.8, 4) is 0 Å². The van der Waals surface area contributed by atoms with Crippen molar-refractivity contribution >= 4 is 11.9 Å². The molecule has 33 heavy (non-hydrogen) atoms. The van der Waals surface area contributed by atoms with Crippen molar-refractivity contribution in [3.63, 3.8) is 0 Å². The van der Waals surface area contributed by atoms with Gasteiger partial charge in [-0.3, -0.25) is 9.69 Å². The summed E-state index contributed by atoms with van der Waals surface area (Å²) in [5.74, 6) is -0.0692. The Kier molecular flexibility index (Phi) is 7.74. The zero-order valence-electron chi connectivity index (χ0n) is 20.8. The van der Waals surface area contributed by atoms with E-state index in [4.69, 9.17) is 5.73 Å². The number of primary amides is 1. The van der Waals surface area contributed by atoms with Crippen molar-refractivity contribution in [1.82, 2.24) is 15.1 Å². The molecule has 3 amide bonds. The first-order valence-corrected chi connectivity index (χ1v) is 12.3. The van der Waals surface area contributed by atoms with Gasteiger partial charge in [0.2, 0.25) is 5.91 Å². The van der Waals surface area contributed by atoms with Crippen LogP contribution in [-0.2, 0) is 10.3 Å². The fourth-order valence-electron chi connectivity index (χ4n) is 5.28. The molecule has 0 saturated heterocycles. The predicted molar refractivity (Wildman–Crippen MR) is 131 cm³/mol. The van der Waals surface area contributed by atoms with E-state index in [-0.39, 0.29) is 24.7 Å². The molecule has 3 rings (SSSR count). The smallest absolute Gasteiger partial charge is 0.317 e. The van der Waals surface area contributed by atoms with Crippen LogP contribution in [0, 0.1) is 11.3 Å². The highest BCUT2D eigenvalue weighted by Crippen LogP contribution is 2.43. The van der Waals surface area contributed by atoms with Gasteiger partial charge in [-0.25, -0.2) is 4.79 Å². The van der Waals surface area contributed by atoms with Gasteiger partial charge in [-0.15, -0.1) is 0 Å². The number of aliphatic hydroxyl groups is 1. The predicted octanol–water partition coefficient (Wildman–Crippen LogP) is 3.07. The lowest BCUT2D eigenvalue weighted by atomic mass is 9.71. The topological polar surface area (TPSA) is 98.9 Å². The molecule has 7 nitrogen and oxygen atoms in total. The monoisotopic (exact) mass is 458 g/mol. The van der Waals surface area contributed by atoms with E-state index in [9.17, 15) is 14.7 Å². The summed E-state index contributed by atoms with van der Waals surface area (Å²) in [7, 11) is 4.29. The van der Waals surface area contributed by atoms with Gasteiger partial charge in [0, 0.05) is 25.2 Å². The Morgan fingerprint density at radius 3 is 2.21 bits per heavy atom. The van der Waals surface area contributed by atoms with E-state index < -0.39 is 16.9 Å². The molecule has 0 atom stereocenters. The third kappa shape index (κ3) is 5.87. The molecule has 0 bridgehead atoms. The van der Waals surface area contributed by atoms with Crippen molar-refractivity contribution in [3.05, 3.63) is 35.9 Å². The average Bonchev–Trinajstić information content (AvgIpc) is 2.76. The molecular formula is C26H42N4O3. The van der Waals surface area contributed by atoms with Gasteiger partial charge in [-0.1, -0.05) is 30.3 Å². The maximum atomic E-state index is 13.1. The summed E-state index contributed by atoms with van der Waals surface area (Å²) in [6.45, 7) is 4.66. The van der Waals surface area contributed by atoms with E-state index in [0.29, 0.717) is 12.5 Å². The molecule has 0 radical (unpaired) electrons. The molecule has 0 spiro atoms. The van der Waals surface area contributed by atoms with Crippen LogP contribution in [0.15, 0.2) is 30.3 Å². The molecule has 7 heteroatoms. The minimum atomic E-state index is -0.823. The molecule has 0 aliphatic heterocycles. The number of hydrogen-bond donors (Lipinski definition) is 3. The number of benzene rings is 1. The molecule has 2 aliphatic carbocycles. The van der Waals surface area contributed by atoms with Gasteiger partial charge in [-0.05, 0) is 84.4 Å². The van der Waals surface area contributed by atoms with Crippen LogP contribution < -0.4 is 11.1 Å². The van der Waals surface area contributed by atoms with Crippen molar-refractivity contribution in [1.29, 1.82) is 0 Å². The molecule has 2 aliphatic rings. The molecule has 184 valence electrons. The van der Waals surface area contributed by atoms with E-state index in [1.165, 1.54) is 5.56 Å². The standard InChI is InChI=1S/C26H42N4O3/c1-24(2,22(27)31)19-30(23(32)28-18-25(33)13-8-14-25)17-20-11-15-26(16-12-20,29(3)4)21-9-6-5-7-10-21/h5-7,9-10,20,33H,8,11-19H2,1-4H3,(H2,27,31)(H,28,32). The zero-order chi connectivity index (χ0) is 24.3. The van der Waals surface area contributed by atoms with Crippen LogP contribution in [0.3, 0.4) is 0 Å². The number of amides is 3. The third-order valence-electron chi connectivity index (χ3n) is 7.97. The summed E-state index contributed by atoms with van der Waals surface area (Å²) in [4.78, 5) is 29.2. The summed E-state index contributed by atoms with van der Waals surface area (Å²) in [5, 5.41) is 13.3. The fraction of sp³-hybridized carbons (Fsp3) is 0.692. The summed E-state index contributed by atoms with van der Waals surface area (Å²) < 4.78 is 0. The van der Waals surface area contributed by atoms with Crippen LogP contribution in [0.1, 0.15) is 64.4 Å². The molecule has 2 saturated carbocycles. The summed E-state index contributed by atoms with van der Waals surface area (Å²) in [6, 6.07) is 10.4. The van der Waals surface area contributed by atoms with Crippen LogP contribution >= 0.6 is 0 Å². The summed E-state index contributed by atoms with van der Waals surface area (Å²) in [6.07, 6.45) is 6.45. The lowest BCUT2D eigenvalue weighted by Gasteiger charge is -2.46. The number of carbonyl (C=O) groups excluding carboxylic acids is 2. The first kappa shape index (κ1) is 25.5. The number of carbonyl (C=O) groups is 2. The zero-order valence-corrected chi connectivity index (χ0v) is 20.8. The van der Waals surface area contributed by atoms with E-state index in [2.05, 4.69) is 54.6 Å². The largest absolute Gasteiger partial charge is 0.388 e. The second kappa shape index (κ2) is 10.0. The minimum Gasteiger partial charge on any atom is -0.388 e. The first-order valence-electron chi connectivity index (χ1n) is 12.3. The van der Waals surface area contributed by atoms with Crippen LogP contribution in [0.5, 0.6) is 0 Å². The molecule has 2 fully saturated rings. The maximum absolute atomic E-state index is 13.1. The Morgan fingerprint density at radius 1 is 1.12 bits per heavy atom. The van der Waals surface area contributed by atoms with Crippen LogP contribution in [0.25, 0.3) is 0 Å². The second-order valence-corrected chi connectivity index (χ2v) is 11.1. The Labute approximate surface area is 198 Å². The number of hydrogen-bond acceptors (Lipinski definition) is 4. The van der Waals surface area contributed by atoms with E-state index >= 15 is 0 Å². The molecule has 0 aromatic heterocycles. The highest BCUT2D eigenvalue weighted by molar-refractivity contribution is 5.81. The highest BCUT2D eigenvalue weighted by Gasteiger charge is 2.40. The van der Waals surface area contributed by atoms with Gasteiger partial charge >= 0.3 is 6.03 Å². The van der Waals surface area contributed by atoms with Gasteiger partial charge in [0.1, 0.15) is 0 Å². The first-order chi connectivity index (χ1) is 15.5. The normalized spacial score (nSPS) is 24.7.